The highest BCUT2D eigenvalue weighted by atomic mass is 35.5. The van der Waals surface area contributed by atoms with Crippen molar-refractivity contribution in [1.82, 2.24) is 4.90 Å². The first-order valence-electron chi connectivity index (χ1n) is 8.81. The molecule has 0 bridgehead atoms. The number of methoxy groups -OCH3 is 1. The molecule has 0 saturated carbocycles. The van der Waals surface area contributed by atoms with Gasteiger partial charge in [-0.2, -0.15) is 0 Å². The maximum atomic E-state index is 11.9. The molecule has 138 valence electrons. The monoisotopic (exact) mass is 373 g/mol. The number of carboxylic acids is 1. The van der Waals surface area contributed by atoms with Crippen molar-refractivity contribution in [3.05, 3.63) is 63.7 Å². The molecule has 2 aromatic carbocycles. The Morgan fingerprint density at radius 1 is 1.23 bits per heavy atom. The second kappa shape index (κ2) is 7.68. The van der Waals surface area contributed by atoms with Gasteiger partial charge in [-0.1, -0.05) is 35.4 Å². The number of halogens is 1. The standard InChI is InChI=1S/C21H24ClNO3/c1-13-6-7-14(2)16(11-13)20(23-10-4-5-18(23)21(24)25)17-12-15(22)8-9-19(17)26-3/h6-9,11-12,18,20H,4-5,10H2,1-3H3,(H,24,25). The largest absolute Gasteiger partial charge is 0.496 e. The first-order chi connectivity index (χ1) is 12.4. The minimum atomic E-state index is -0.779. The van der Waals surface area contributed by atoms with Crippen LogP contribution in [0.15, 0.2) is 36.4 Å². The Kier molecular flexibility index (Phi) is 5.54. The zero-order valence-electron chi connectivity index (χ0n) is 15.3. The van der Waals surface area contributed by atoms with Gasteiger partial charge >= 0.3 is 5.97 Å². The van der Waals surface area contributed by atoms with E-state index in [1.165, 1.54) is 0 Å². The van der Waals surface area contributed by atoms with E-state index in [-0.39, 0.29) is 6.04 Å². The van der Waals surface area contributed by atoms with Crippen molar-refractivity contribution < 1.29 is 14.6 Å². The van der Waals surface area contributed by atoms with Crippen LogP contribution in [-0.2, 0) is 4.79 Å². The second-order valence-corrected chi connectivity index (χ2v) is 7.32. The number of hydrogen-bond acceptors (Lipinski definition) is 3. The molecule has 2 atom stereocenters. The van der Waals surface area contributed by atoms with Crippen LogP contribution >= 0.6 is 11.6 Å². The van der Waals surface area contributed by atoms with Crippen molar-refractivity contribution in [2.45, 2.75) is 38.8 Å². The SMILES string of the molecule is COc1ccc(Cl)cc1C(c1cc(C)ccc1C)N1CCCC1C(=O)O. The Balaban J connectivity index is 2.21. The predicted octanol–water partition coefficient (Wildman–Crippen LogP) is 4.60. The van der Waals surface area contributed by atoms with Crippen molar-refractivity contribution in [3.8, 4) is 5.75 Å². The number of benzene rings is 2. The highest BCUT2D eigenvalue weighted by Gasteiger charge is 2.38. The van der Waals surface area contributed by atoms with Crippen molar-refractivity contribution in [2.75, 3.05) is 13.7 Å². The van der Waals surface area contributed by atoms with Crippen molar-refractivity contribution in [2.24, 2.45) is 0 Å². The van der Waals surface area contributed by atoms with E-state index in [1.54, 1.807) is 13.2 Å². The van der Waals surface area contributed by atoms with Gasteiger partial charge in [-0.05, 0) is 56.0 Å². The van der Waals surface area contributed by atoms with Crippen LogP contribution in [0, 0.1) is 13.8 Å². The molecule has 5 heteroatoms. The summed E-state index contributed by atoms with van der Waals surface area (Å²) in [6.07, 6.45) is 1.51. The fraction of sp³-hybridized carbons (Fsp3) is 0.381. The number of hydrogen-bond donors (Lipinski definition) is 1. The van der Waals surface area contributed by atoms with Gasteiger partial charge in [-0.15, -0.1) is 0 Å². The third-order valence-corrected chi connectivity index (χ3v) is 5.36. The molecule has 1 fully saturated rings. The normalized spacial score (nSPS) is 18.7. The molecule has 0 radical (unpaired) electrons. The molecular formula is C21H24ClNO3. The molecule has 0 spiro atoms. The summed E-state index contributed by atoms with van der Waals surface area (Å²) in [5.74, 6) is -0.0601. The number of carbonyl (C=O) groups is 1. The van der Waals surface area contributed by atoms with Crippen molar-refractivity contribution >= 4 is 17.6 Å². The summed E-state index contributed by atoms with van der Waals surface area (Å²) in [5, 5.41) is 10.3. The van der Waals surface area contributed by atoms with Gasteiger partial charge in [0.15, 0.2) is 0 Å². The molecule has 0 aromatic heterocycles. The highest BCUT2D eigenvalue weighted by molar-refractivity contribution is 6.30. The van der Waals surface area contributed by atoms with Gasteiger partial charge in [0.05, 0.1) is 13.2 Å². The summed E-state index contributed by atoms with van der Waals surface area (Å²) in [5.41, 5.74) is 4.27. The Labute approximate surface area is 159 Å². The van der Waals surface area contributed by atoms with Crippen LogP contribution in [0.2, 0.25) is 5.02 Å². The number of aliphatic carboxylic acids is 1. The summed E-state index contributed by atoms with van der Waals surface area (Å²) >= 11 is 6.29. The molecule has 4 nitrogen and oxygen atoms in total. The maximum absolute atomic E-state index is 11.9. The van der Waals surface area contributed by atoms with Crippen molar-refractivity contribution in [3.63, 3.8) is 0 Å². The lowest BCUT2D eigenvalue weighted by Gasteiger charge is -2.34. The predicted molar refractivity (Wildman–Crippen MR) is 103 cm³/mol. The number of rotatable bonds is 5. The van der Waals surface area contributed by atoms with Gasteiger partial charge in [-0.25, -0.2) is 0 Å². The molecule has 1 N–H and O–H groups in total. The molecule has 26 heavy (non-hydrogen) atoms. The number of likely N-dealkylation sites (tertiary alicyclic amines) is 1. The highest BCUT2D eigenvalue weighted by Crippen LogP contribution is 2.41. The molecule has 1 heterocycles. The first-order valence-corrected chi connectivity index (χ1v) is 9.19. The van der Waals surface area contributed by atoms with Gasteiger partial charge in [-0.3, -0.25) is 9.69 Å². The van der Waals surface area contributed by atoms with Gasteiger partial charge in [0.2, 0.25) is 0 Å². The average Bonchev–Trinajstić information content (AvgIpc) is 3.08. The van der Waals surface area contributed by atoms with Gasteiger partial charge in [0, 0.05) is 17.1 Å². The maximum Gasteiger partial charge on any atom is 0.320 e. The van der Waals surface area contributed by atoms with E-state index >= 15 is 0 Å². The van der Waals surface area contributed by atoms with E-state index in [0.29, 0.717) is 11.4 Å². The van der Waals surface area contributed by atoms with Gasteiger partial charge in [0.25, 0.3) is 0 Å². The lowest BCUT2D eigenvalue weighted by atomic mass is 9.91. The second-order valence-electron chi connectivity index (χ2n) is 6.88. The van der Waals surface area contributed by atoms with Gasteiger partial charge < -0.3 is 9.84 Å². The lowest BCUT2D eigenvalue weighted by Crippen LogP contribution is -2.39. The quantitative estimate of drug-likeness (QED) is 0.831. The third kappa shape index (κ3) is 3.57. The zero-order chi connectivity index (χ0) is 18.8. The Hall–Kier alpha value is -2.04. The minimum Gasteiger partial charge on any atom is -0.496 e. The molecule has 1 aliphatic rings. The molecule has 2 aromatic rings. The Morgan fingerprint density at radius 3 is 2.69 bits per heavy atom. The number of ether oxygens (including phenoxy) is 1. The van der Waals surface area contributed by atoms with Crippen LogP contribution in [0.3, 0.4) is 0 Å². The van der Waals surface area contributed by atoms with Crippen LogP contribution < -0.4 is 4.74 Å². The Morgan fingerprint density at radius 2 is 2.00 bits per heavy atom. The van der Waals surface area contributed by atoms with E-state index in [4.69, 9.17) is 16.3 Å². The van der Waals surface area contributed by atoms with Crippen LogP contribution in [0.5, 0.6) is 5.75 Å². The fourth-order valence-electron chi connectivity index (χ4n) is 3.86. The molecule has 0 amide bonds. The van der Waals surface area contributed by atoms with Crippen LogP contribution in [-0.4, -0.2) is 35.7 Å². The molecule has 1 saturated heterocycles. The van der Waals surface area contributed by atoms with Crippen molar-refractivity contribution in [1.29, 1.82) is 0 Å². The molecule has 3 rings (SSSR count). The summed E-state index contributed by atoms with van der Waals surface area (Å²) in [6.45, 7) is 4.84. The van der Waals surface area contributed by atoms with E-state index in [2.05, 4.69) is 30.0 Å². The smallest absolute Gasteiger partial charge is 0.320 e. The summed E-state index contributed by atoms with van der Waals surface area (Å²) in [7, 11) is 1.63. The fourth-order valence-corrected chi connectivity index (χ4v) is 4.04. The Bertz CT molecular complexity index is 821. The first kappa shape index (κ1) is 18.7. The molecule has 0 aliphatic carbocycles. The minimum absolute atomic E-state index is 0.216. The topological polar surface area (TPSA) is 49.8 Å². The molecular weight excluding hydrogens is 350 g/mol. The van der Waals surface area contributed by atoms with Crippen LogP contribution in [0.25, 0.3) is 0 Å². The number of nitrogens with zero attached hydrogens (tertiary/aromatic N) is 1. The number of carboxylic acid groups (broad SMARTS) is 1. The van der Waals surface area contributed by atoms with Crippen LogP contribution in [0.1, 0.15) is 41.1 Å². The van der Waals surface area contributed by atoms with Crippen LogP contribution in [0.4, 0.5) is 0 Å². The summed E-state index contributed by atoms with van der Waals surface area (Å²) < 4.78 is 5.60. The van der Waals surface area contributed by atoms with E-state index in [1.807, 2.05) is 19.1 Å². The lowest BCUT2D eigenvalue weighted by molar-refractivity contribution is -0.142. The molecule has 2 unspecified atom stereocenters. The number of aryl methyl sites for hydroxylation is 2. The molecule has 1 aliphatic heterocycles. The van der Waals surface area contributed by atoms with E-state index < -0.39 is 12.0 Å². The zero-order valence-corrected chi connectivity index (χ0v) is 16.1. The third-order valence-electron chi connectivity index (χ3n) is 5.13. The summed E-state index contributed by atoms with van der Waals surface area (Å²) in [4.78, 5) is 13.9. The van der Waals surface area contributed by atoms with Gasteiger partial charge in [0.1, 0.15) is 11.8 Å². The van der Waals surface area contributed by atoms with E-state index in [0.717, 1.165) is 41.0 Å². The summed E-state index contributed by atoms with van der Waals surface area (Å²) in [6, 6.07) is 11.1. The average molecular weight is 374 g/mol. The van der Waals surface area contributed by atoms with E-state index in [9.17, 15) is 9.90 Å².